The molecular formula is C37H56ClN7O4SSi. The van der Waals surface area contributed by atoms with Gasteiger partial charge in [0.2, 0.25) is 0 Å². The van der Waals surface area contributed by atoms with Crippen LogP contribution in [-0.4, -0.2) is 79.0 Å². The molecule has 11 nitrogen and oxygen atoms in total. The van der Waals surface area contributed by atoms with E-state index < -0.39 is 13.7 Å². The van der Waals surface area contributed by atoms with Gasteiger partial charge in [0.25, 0.3) is 5.91 Å². The third-order valence-corrected chi connectivity index (χ3v) is 15.7. The molecular weight excluding hydrogens is 702 g/mol. The first-order chi connectivity index (χ1) is 23.9. The highest BCUT2D eigenvalue weighted by Crippen LogP contribution is 2.36. The lowest BCUT2D eigenvalue weighted by Gasteiger charge is -2.38. The van der Waals surface area contributed by atoms with E-state index in [1.807, 2.05) is 45.9 Å². The molecule has 1 amide bonds. The van der Waals surface area contributed by atoms with E-state index >= 15 is 0 Å². The number of hydrogen-bond donors (Lipinski definition) is 1. The molecule has 3 aromatic rings. The quantitative estimate of drug-likeness (QED) is 0.130. The van der Waals surface area contributed by atoms with Crippen LogP contribution in [0.3, 0.4) is 0 Å². The van der Waals surface area contributed by atoms with E-state index in [0.29, 0.717) is 32.0 Å². The molecule has 0 unspecified atom stereocenters. The van der Waals surface area contributed by atoms with Gasteiger partial charge in [0.1, 0.15) is 16.5 Å². The monoisotopic (exact) mass is 757 g/mol. The number of aromatic nitrogens is 3. The Kier molecular flexibility index (Phi) is 13.7. The second kappa shape index (κ2) is 17.1. The molecule has 1 aliphatic rings. The topological polar surface area (TPSA) is 114 Å². The lowest BCUT2D eigenvalue weighted by molar-refractivity contribution is -0.158. The average molecular weight is 759 g/mol. The van der Waals surface area contributed by atoms with Gasteiger partial charge in [-0.05, 0) is 63.9 Å². The minimum atomic E-state index is -1.77. The number of para-hydroxylation sites is 1. The average Bonchev–Trinajstić information content (AvgIpc) is 3.46. The van der Waals surface area contributed by atoms with Gasteiger partial charge in [-0.1, -0.05) is 75.6 Å². The second-order valence-electron chi connectivity index (χ2n) is 15.5. The number of anilines is 2. The zero-order valence-electron chi connectivity index (χ0n) is 32.1. The maximum Gasteiger partial charge on any atom is 0.313 e. The van der Waals surface area contributed by atoms with Gasteiger partial charge in [-0.3, -0.25) is 19.1 Å². The molecule has 51 heavy (non-hydrogen) atoms. The van der Waals surface area contributed by atoms with Crippen molar-refractivity contribution in [3.05, 3.63) is 56.6 Å². The van der Waals surface area contributed by atoms with Crippen molar-refractivity contribution in [2.75, 3.05) is 49.5 Å². The minimum Gasteiger partial charge on any atom is -0.443 e. The van der Waals surface area contributed by atoms with Crippen molar-refractivity contribution in [2.45, 2.75) is 99.5 Å². The fourth-order valence-corrected chi connectivity index (χ4v) is 7.56. The van der Waals surface area contributed by atoms with Crippen LogP contribution in [0.4, 0.5) is 17.3 Å². The Morgan fingerprint density at radius 2 is 1.78 bits per heavy atom. The number of benzene rings is 1. The number of rotatable bonds is 14. The van der Waals surface area contributed by atoms with Crippen LogP contribution in [0.15, 0.2) is 35.5 Å². The van der Waals surface area contributed by atoms with Gasteiger partial charge in [0.15, 0.2) is 25.7 Å². The number of carbonyl (C=O) groups is 2. The zero-order valence-corrected chi connectivity index (χ0v) is 34.6. The number of esters is 1. The summed E-state index contributed by atoms with van der Waals surface area (Å²) in [6.45, 7) is 26.0. The maximum absolute atomic E-state index is 13.5. The molecule has 0 aliphatic carbocycles. The summed E-state index contributed by atoms with van der Waals surface area (Å²) in [6, 6.07) is 7.33. The number of hydrogen-bond acceptors (Lipinski definition) is 10. The van der Waals surface area contributed by atoms with Crippen molar-refractivity contribution in [1.29, 1.82) is 0 Å². The number of nitrogens with zero attached hydrogens (tertiary/aromatic N) is 6. The molecule has 1 aliphatic heterocycles. The zero-order chi connectivity index (χ0) is 37.6. The highest BCUT2D eigenvalue weighted by Gasteiger charge is 2.37. The lowest BCUT2D eigenvalue weighted by atomic mass is 9.87. The molecule has 280 valence electrons. The van der Waals surface area contributed by atoms with E-state index in [1.165, 1.54) is 11.3 Å². The first-order valence-electron chi connectivity index (χ1n) is 17.9. The number of carbonyl (C=O) groups excluding carboxylic acids is 2. The summed E-state index contributed by atoms with van der Waals surface area (Å²) < 4.78 is 13.9. The fourth-order valence-electron chi connectivity index (χ4n) is 5.38. The Morgan fingerprint density at radius 3 is 2.43 bits per heavy atom. The summed E-state index contributed by atoms with van der Waals surface area (Å²) in [6.07, 6.45) is 4.29. The smallest absolute Gasteiger partial charge is 0.313 e. The highest BCUT2D eigenvalue weighted by molar-refractivity contribution is 7.11. The van der Waals surface area contributed by atoms with Gasteiger partial charge in [-0.25, -0.2) is 15.0 Å². The van der Waals surface area contributed by atoms with Crippen LogP contribution in [0.1, 0.15) is 81.9 Å². The van der Waals surface area contributed by atoms with E-state index in [-0.39, 0.29) is 23.6 Å². The maximum atomic E-state index is 13.5. The van der Waals surface area contributed by atoms with Gasteiger partial charge in [0.05, 0.1) is 16.1 Å². The van der Waals surface area contributed by atoms with Crippen LogP contribution in [0.2, 0.25) is 23.2 Å². The Hall–Kier alpha value is -3.10. The van der Waals surface area contributed by atoms with Crippen molar-refractivity contribution in [3.8, 4) is 0 Å². The summed E-state index contributed by atoms with van der Waals surface area (Å²) in [5.74, 6) is 1.22. The molecule has 4 rings (SSSR count). The molecule has 3 heterocycles. The number of aryl methyl sites for hydroxylation is 2. The van der Waals surface area contributed by atoms with E-state index in [2.05, 4.69) is 60.9 Å². The number of amides is 1. The second-order valence-corrected chi connectivity index (χ2v) is 21.7. The molecule has 1 saturated heterocycles. The fraction of sp³-hybridized carbons (Fsp3) is 0.595. The summed E-state index contributed by atoms with van der Waals surface area (Å²) in [5.41, 5.74) is 0.760. The van der Waals surface area contributed by atoms with E-state index in [4.69, 9.17) is 30.7 Å². The van der Waals surface area contributed by atoms with Crippen molar-refractivity contribution in [3.63, 3.8) is 0 Å². The van der Waals surface area contributed by atoms with Crippen LogP contribution in [0.5, 0.6) is 0 Å². The molecule has 0 atom stereocenters. The number of thiazole rings is 1. The molecule has 0 saturated carbocycles. The van der Waals surface area contributed by atoms with Crippen molar-refractivity contribution < 1.29 is 18.8 Å². The number of ether oxygens (including phenoxy) is 1. The number of piperazine rings is 1. The molecule has 1 fully saturated rings. The van der Waals surface area contributed by atoms with E-state index in [0.717, 1.165) is 70.0 Å². The Morgan fingerprint density at radius 1 is 1.08 bits per heavy atom. The Labute approximate surface area is 313 Å². The predicted octanol–water partition coefficient (Wildman–Crippen LogP) is 7.96. The van der Waals surface area contributed by atoms with Crippen molar-refractivity contribution >= 4 is 60.5 Å². The number of unbranched alkanes of at least 4 members (excludes halogenated alkanes) is 1. The van der Waals surface area contributed by atoms with Crippen LogP contribution in [0, 0.1) is 19.3 Å². The number of nitrogens with one attached hydrogen (secondary N) is 1. The van der Waals surface area contributed by atoms with Gasteiger partial charge in [-0.15, -0.1) is 0 Å². The minimum absolute atomic E-state index is 0.0971. The normalized spacial score (nSPS) is 15.0. The first kappa shape index (κ1) is 40.7. The van der Waals surface area contributed by atoms with E-state index in [1.54, 1.807) is 16.8 Å². The first-order valence-corrected chi connectivity index (χ1v) is 22.0. The molecule has 0 spiro atoms. The summed E-state index contributed by atoms with van der Waals surface area (Å²) >= 11 is 7.59. The van der Waals surface area contributed by atoms with E-state index in [9.17, 15) is 9.59 Å². The van der Waals surface area contributed by atoms with Crippen LogP contribution in [-0.2, 0) is 20.7 Å². The molecule has 0 radical (unpaired) electrons. The molecule has 2 aromatic heterocycles. The summed E-state index contributed by atoms with van der Waals surface area (Å²) in [5, 5.41) is 3.58. The number of halogens is 1. The third-order valence-electron chi connectivity index (χ3n) is 9.84. The summed E-state index contributed by atoms with van der Waals surface area (Å²) in [7, 11) is -1.77. The molecule has 1 N–H and O–H groups in total. The van der Waals surface area contributed by atoms with Crippen molar-refractivity contribution in [1.82, 2.24) is 19.4 Å². The molecule has 0 bridgehead atoms. The van der Waals surface area contributed by atoms with Gasteiger partial charge in [-0.2, -0.15) is 0 Å². The SMILES string of the molecule is CCCCC(C)(C)C(=O)OCn1cc(C(=O)Nc2c(C)cccc2Cl)sc1=Nc1cc(N2CCN(CCO[Si](C)(C)C(C)(C)C)CC2)nc(C)n1. The highest BCUT2D eigenvalue weighted by atomic mass is 35.5. The van der Waals surface area contributed by atoms with Crippen LogP contribution >= 0.6 is 22.9 Å². The van der Waals surface area contributed by atoms with Gasteiger partial charge >= 0.3 is 5.97 Å². The van der Waals surface area contributed by atoms with Gasteiger partial charge in [0, 0.05) is 51.6 Å². The summed E-state index contributed by atoms with van der Waals surface area (Å²) in [4.78, 5) is 46.4. The van der Waals surface area contributed by atoms with Gasteiger partial charge < -0.3 is 19.4 Å². The Bertz CT molecular complexity index is 1720. The van der Waals surface area contributed by atoms with Crippen molar-refractivity contribution in [2.24, 2.45) is 10.4 Å². The molecule has 1 aromatic carbocycles. The standard InChI is InChI=1S/C37H56ClN7O4SSi/c1-11-12-16-37(7,8)34(47)48-25-45-24-29(33(46)42-32-26(2)14-13-15-28(32)38)50-35(45)41-30-23-31(40-27(3)39-30)44-19-17-43(18-20-44)21-22-49-51(9,10)36(4,5)6/h13-15,23-24H,11-12,16-22,25H2,1-10H3,(H,42,46). The van der Waals surface area contributed by atoms with Crippen LogP contribution < -0.4 is 15.0 Å². The Balaban J connectivity index is 1.55. The third kappa shape index (κ3) is 11.0. The largest absolute Gasteiger partial charge is 0.443 e. The van der Waals surface area contributed by atoms with Crippen LogP contribution in [0.25, 0.3) is 0 Å². The predicted molar refractivity (Wildman–Crippen MR) is 210 cm³/mol. The molecule has 14 heteroatoms. The lowest BCUT2D eigenvalue weighted by Crippen LogP contribution is -2.49.